The Morgan fingerprint density at radius 1 is 1.14 bits per heavy atom. The molecule has 1 aliphatic heterocycles. The molecule has 0 saturated carbocycles. The summed E-state index contributed by atoms with van der Waals surface area (Å²) in [5, 5.41) is 4.09. The Kier molecular flexibility index (Phi) is 4.53. The van der Waals surface area contributed by atoms with Gasteiger partial charge in [-0.2, -0.15) is 5.10 Å². The molecule has 5 nitrogen and oxygen atoms in total. The molecule has 1 aliphatic rings. The summed E-state index contributed by atoms with van der Waals surface area (Å²) in [4.78, 5) is 16.9. The zero-order chi connectivity index (χ0) is 15.4. The molecule has 3 rings (SSSR count). The van der Waals surface area contributed by atoms with Crippen molar-refractivity contribution in [2.45, 2.75) is 13.0 Å². The zero-order valence-electron chi connectivity index (χ0n) is 13.0. The van der Waals surface area contributed by atoms with Gasteiger partial charge in [-0.25, -0.2) is 0 Å². The summed E-state index contributed by atoms with van der Waals surface area (Å²) in [7, 11) is 1.83. The number of nitrogens with zero attached hydrogens (tertiary/aromatic N) is 4. The molecule has 0 N–H and O–H groups in total. The summed E-state index contributed by atoms with van der Waals surface area (Å²) < 4.78 is 1.67. The lowest BCUT2D eigenvalue weighted by Gasteiger charge is -2.21. The first-order valence-corrected chi connectivity index (χ1v) is 7.76. The third-order valence-corrected chi connectivity index (χ3v) is 4.08. The number of rotatable bonds is 3. The van der Waals surface area contributed by atoms with Crippen LogP contribution in [0.1, 0.15) is 22.3 Å². The van der Waals surface area contributed by atoms with Crippen molar-refractivity contribution < 1.29 is 4.79 Å². The van der Waals surface area contributed by atoms with Gasteiger partial charge in [0.2, 0.25) is 0 Å². The molecular formula is C17H22N4O. The molecule has 2 heterocycles. The van der Waals surface area contributed by atoms with Crippen LogP contribution in [0.4, 0.5) is 0 Å². The predicted octanol–water partition coefficient (Wildman–Crippen LogP) is 1.77. The second-order valence-corrected chi connectivity index (χ2v) is 5.81. The molecule has 0 aliphatic carbocycles. The lowest BCUT2D eigenvalue weighted by molar-refractivity contribution is 0.0761. The van der Waals surface area contributed by atoms with Gasteiger partial charge in [0.05, 0.1) is 11.8 Å². The van der Waals surface area contributed by atoms with E-state index in [0.717, 1.165) is 39.1 Å². The number of aromatic nitrogens is 2. The third-order valence-electron chi connectivity index (χ3n) is 4.08. The fraction of sp³-hybridized carbons (Fsp3) is 0.412. The molecule has 22 heavy (non-hydrogen) atoms. The van der Waals surface area contributed by atoms with E-state index in [9.17, 15) is 4.79 Å². The Morgan fingerprint density at radius 2 is 1.95 bits per heavy atom. The van der Waals surface area contributed by atoms with Crippen LogP contribution in [0.5, 0.6) is 0 Å². The highest BCUT2D eigenvalue weighted by Gasteiger charge is 2.21. The topological polar surface area (TPSA) is 41.4 Å². The highest BCUT2D eigenvalue weighted by molar-refractivity contribution is 5.93. The molecular weight excluding hydrogens is 276 g/mol. The van der Waals surface area contributed by atoms with Gasteiger partial charge >= 0.3 is 0 Å². The summed E-state index contributed by atoms with van der Waals surface area (Å²) in [6.45, 7) is 4.50. The summed E-state index contributed by atoms with van der Waals surface area (Å²) in [6.07, 6.45) is 4.45. The number of carbonyl (C=O) groups is 1. The lowest BCUT2D eigenvalue weighted by atomic mass is 10.2. The van der Waals surface area contributed by atoms with Gasteiger partial charge in [-0.3, -0.25) is 14.4 Å². The molecule has 116 valence electrons. The lowest BCUT2D eigenvalue weighted by Crippen LogP contribution is -2.35. The number of amides is 1. The van der Waals surface area contributed by atoms with Crippen LogP contribution in [0.3, 0.4) is 0 Å². The van der Waals surface area contributed by atoms with Crippen molar-refractivity contribution in [1.29, 1.82) is 0 Å². The molecule has 0 bridgehead atoms. The number of hydrogen-bond acceptors (Lipinski definition) is 3. The van der Waals surface area contributed by atoms with Gasteiger partial charge < -0.3 is 4.90 Å². The van der Waals surface area contributed by atoms with Crippen LogP contribution in [0.25, 0.3) is 0 Å². The third kappa shape index (κ3) is 3.54. The highest BCUT2D eigenvalue weighted by Crippen LogP contribution is 2.11. The van der Waals surface area contributed by atoms with E-state index in [2.05, 4.69) is 34.3 Å². The summed E-state index contributed by atoms with van der Waals surface area (Å²) in [6, 6.07) is 10.5. The van der Waals surface area contributed by atoms with Gasteiger partial charge in [0.25, 0.3) is 5.91 Å². The maximum atomic E-state index is 12.5. The Labute approximate surface area is 131 Å². The Hall–Kier alpha value is -2.14. The van der Waals surface area contributed by atoms with E-state index >= 15 is 0 Å². The van der Waals surface area contributed by atoms with Gasteiger partial charge in [-0.15, -0.1) is 0 Å². The van der Waals surface area contributed by atoms with Crippen LogP contribution >= 0.6 is 0 Å². The number of hydrogen-bond donors (Lipinski definition) is 0. The normalized spacial score (nSPS) is 16.5. The van der Waals surface area contributed by atoms with E-state index in [0.29, 0.717) is 5.56 Å². The molecule has 0 radical (unpaired) electrons. The van der Waals surface area contributed by atoms with Crippen molar-refractivity contribution in [2.75, 3.05) is 26.2 Å². The molecule has 1 amide bonds. The summed E-state index contributed by atoms with van der Waals surface area (Å²) in [5.74, 6) is 0.0923. The molecule has 0 unspecified atom stereocenters. The van der Waals surface area contributed by atoms with Crippen molar-refractivity contribution in [1.82, 2.24) is 19.6 Å². The average Bonchev–Trinajstić information content (AvgIpc) is 2.83. The monoisotopic (exact) mass is 298 g/mol. The molecule has 0 spiro atoms. The minimum atomic E-state index is 0.0923. The quantitative estimate of drug-likeness (QED) is 0.867. The number of benzene rings is 1. The van der Waals surface area contributed by atoms with E-state index in [-0.39, 0.29) is 5.91 Å². The van der Waals surface area contributed by atoms with Crippen molar-refractivity contribution in [3.63, 3.8) is 0 Å². The van der Waals surface area contributed by atoms with Crippen molar-refractivity contribution >= 4 is 5.91 Å². The maximum Gasteiger partial charge on any atom is 0.257 e. The SMILES string of the molecule is Cn1cc(C(=O)N2CCCN(Cc3ccccc3)CC2)cn1. The van der Waals surface area contributed by atoms with Crippen LogP contribution in [0.15, 0.2) is 42.7 Å². The summed E-state index contributed by atoms with van der Waals surface area (Å²) in [5.41, 5.74) is 2.01. The number of carbonyl (C=O) groups excluding carboxylic acids is 1. The molecule has 2 aromatic rings. The summed E-state index contributed by atoms with van der Waals surface area (Å²) >= 11 is 0. The smallest absolute Gasteiger partial charge is 0.257 e. The number of aryl methyl sites for hydroxylation is 1. The highest BCUT2D eigenvalue weighted by atomic mass is 16.2. The van der Waals surface area contributed by atoms with Gasteiger partial charge in [0.1, 0.15) is 0 Å². The molecule has 1 fully saturated rings. The van der Waals surface area contributed by atoms with Gasteiger partial charge in [0, 0.05) is 46.0 Å². The fourth-order valence-electron chi connectivity index (χ4n) is 2.89. The van der Waals surface area contributed by atoms with Crippen LogP contribution in [0, 0.1) is 0 Å². The van der Waals surface area contributed by atoms with Crippen molar-refractivity contribution in [2.24, 2.45) is 7.05 Å². The molecule has 1 aromatic heterocycles. The maximum absolute atomic E-state index is 12.5. The average molecular weight is 298 g/mol. The Balaban J connectivity index is 1.59. The Bertz CT molecular complexity index is 623. The minimum absolute atomic E-state index is 0.0923. The fourth-order valence-corrected chi connectivity index (χ4v) is 2.89. The molecule has 1 saturated heterocycles. The van der Waals surface area contributed by atoms with E-state index in [1.165, 1.54) is 5.56 Å². The van der Waals surface area contributed by atoms with Crippen LogP contribution < -0.4 is 0 Å². The van der Waals surface area contributed by atoms with Gasteiger partial charge in [-0.05, 0) is 12.0 Å². The second-order valence-electron chi connectivity index (χ2n) is 5.81. The molecule has 1 aromatic carbocycles. The largest absolute Gasteiger partial charge is 0.337 e. The first-order valence-electron chi connectivity index (χ1n) is 7.76. The standard InChI is InChI=1S/C17H22N4O/c1-19-14-16(12-18-19)17(22)21-9-5-8-20(10-11-21)13-15-6-3-2-4-7-15/h2-4,6-7,12,14H,5,8-11,13H2,1H3. The zero-order valence-corrected chi connectivity index (χ0v) is 13.0. The van der Waals surface area contributed by atoms with E-state index in [4.69, 9.17) is 0 Å². The van der Waals surface area contributed by atoms with Crippen LogP contribution in [0.2, 0.25) is 0 Å². The van der Waals surface area contributed by atoms with Crippen molar-refractivity contribution in [3.8, 4) is 0 Å². The van der Waals surface area contributed by atoms with Gasteiger partial charge in [-0.1, -0.05) is 30.3 Å². The van der Waals surface area contributed by atoms with E-state index in [1.54, 1.807) is 17.1 Å². The van der Waals surface area contributed by atoms with E-state index in [1.807, 2.05) is 18.0 Å². The molecule has 5 heteroatoms. The van der Waals surface area contributed by atoms with E-state index < -0.39 is 0 Å². The first kappa shape index (κ1) is 14.8. The first-order chi connectivity index (χ1) is 10.7. The molecule has 0 atom stereocenters. The Morgan fingerprint density at radius 3 is 2.68 bits per heavy atom. The van der Waals surface area contributed by atoms with Crippen LogP contribution in [-0.2, 0) is 13.6 Å². The minimum Gasteiger partial charge on any atom is -0.337 e. The van der Waals surface area contributed by atoms with Gasteiger partial charge in [0.15, 0.2) is 0 Å². The predicted molar refractivity (Wildman–Crippen MR) is 85.4 cm³/mol. The second kappa shape index (κ2) is 6.75. The van der Waals surface area contributed by atoms with Crippen LogP contribution in [-0.4, -0.2) is 51.7 Å². The van der Waals surface area contributed by atoms with Crippen molar-refractivity contribution in [3.05, 3.63) is 53.9 Å².